The van der Waals surface area contributed by atoms with Crippen LogP contribution in [0.5, 0.6) is 0 Å². The molecule has 2 aromatic heterocycles. The molecule has 0 bridgehead atoms. The number of aromatic carboxylic acids is 1. The third kappa shape index (κ3) is 3.16. The second-order valence-electron chi connectivity index (χ2n) is 5.48. The van der Waals surface area contributed by atoms with E-state index in [0.717, 1.165) is 12.2 Å². The van der Waals surface area contributed by atoms with E-state index in [0.29, 0.717) is 25.5 Å². The van der Waals surface area contributed by atoms with E-state index in [2.05, 4.69) is 4.98 Å². The van der Waals surface area contributed by atoms with E-state index in [1.54, 1.807) is 4.90 Å². The Morgan fingerprint density at radius 3 is 2.92 bits per heavy atom. The molecule has 1 atom stereocenters. The van der Waals surface area contributed by atoms with Gasteiger partial charge in [-0.3, -0.25) is 4.79 Å². The molecule has 0 spiro atoms. The van der Waals surface area contributed by atoms with Gasteiger partial charge in [0.05, 0.1) is 13.2 Å². The molecule has 0 unspecified atom stereocenters. The zero-order valence-corrected chi connectivity index (χ0v) is 13.3. The van der Waals surface area contributed by atoms with Crippen molar-refractivity contribution in [3.8, 4) is 0 Å². The Morgan fingerprint density at radius 2 is 2.21 bits per heavy atom. The lowest BCUT2D eigenvalue weighted by molar-refractivity contribution is -0.00902. The molecule has 126 valence electrons. The van der Waals surface area contributed by atoms with E-state index < -0.39 is 5.97 Å². The highest BCUT2D eigenvalue weighted by Crippen LogP contribution is 2.27. The summed E-state index contributed by atoms with van der Waals surface area (Å²) >= 11 is 0. The van der Waals surface area contributed by atoms with Gasteiger partial charge in [-0.1, -0.05) is 6.92 Å². The molecule has 1 fully saturated rings. The molecular formula is C17H18N2O5. The maximum absolute atomic E-state index is 12.8. The van der Waals surface area contributed by atoms with Crippen molar-refractivity contribution in [2.75, 3.05) is 19.8 Å². The van der Waals surface area contributed by atoms with E-state index in [1.807, 2.05) is 19.1 Å². The van der Waals surface area contributed by atoms with Crippen molar-refractivity contribution in [2.45, 2.75) is 19.4 Å². The molecule has 1 saturated heterocycles. The summed E-state index contributed by atoms with van der Waals surface area (Å²) in [6, 6.07) is 6.22. The lowest BCUT2D eigenvalue weighted by atomic mass is 10.1. The van der Waals surface area contributed by atoms with E-state index in [1.165, 1.54) is 18.3 Å². The van der Waals surface area contributed by atoms with Crippen molar-refractivity contribution in [3.05, 3.63) is 53.2 Å². The number of aryl methyl sites for hydroxylation is 1. The summed E-state index contributed by atoms with van der Waals surface area (Å²) in [5.74, 6) is 0.0944. The minimum absolute atomic E-state index is 0.156. The fraction of sp³-hybridized carbons (Fsp3) is 0.353. The van der Waals surface area contributed by atoms with Crippen molar-refractivity contribution in [1.29, 1.82) is 0 Å². The van der Waals surface area contributed by atoms with Crippen LogP contribution >= 0.6 is 0 Å². The number of aromatic nitrogens is 1. The predicted molar refractivity (Wildman–Crippen MR) is 83.9 cm³/mol. The molecule has 0 aromatic carbocycles. The quantitative estimate of drug-likeness (QED) is 0.923. The number of hydrogen-bond donors (Lipinski definition) is 1. The highest BCUT2D eigenvalue weighted by atomic mass is 16.5. The lowest BCUT2D eigenvalue weighted by Crippen LogP contribution is -2.43. The number of nitrogens with zero attached hydrogens (tertiary/aromatic N) is 2. The number of amides is 1. The number of rotatable bonds is 4. The smallest absolute Gasteiger partial charge is 0.354 e. The van der Waals surface area contributed by atoms with Gasteiger partial charge in [-0.15, -0.1) is 0 Å². The first-order chi connectivity index (χ1) is 11.6. The van der Waals surface area contributed by atoms with Gasteiger partial charge >= 0.3 is 5.97 Å². The zero-order chi connectivity index (χ0) is 17.1. The van der Waals surface area contributed by atoms with Crippen molar-refractivity contribution in [1.82, 2.24) is 9.88 Å². The third-order valence-corrected chi connectivity index (χ3v) is 3.97. The summed E-state index contributed by atoms with van der Waals surface area (Å²) in [6.45, 7) is 3.18. The van der Waals surface area contributed by atoms with E-state index in [9.17, 15) is 9.59 Å². The number of pyridine rings is 1. The predicted octanol–water partition coefficient (Wildman–Crippen LogP) is 2.15. The van der Waals surface area contributed by atoms with Gasteiger partial charge in [0.1, 0.15) is 23.3 Å². The number of morpholine rings is 1. The van der Waals surface area contributed by atoms with Gasteiger partial charge in [0.15, 0.2) is 0 Å². The highest BCUT2D eigenvalue weighted by Gasteiger charge is 2.31. The van der Waals surface area contributed by atoms with Crippen molar-refractivity contribution >= 4 is 11.9 Å². The summed E-state index contributed by atoms with van der Waals surface area (Å²) in [5.41, 5.74) is 0.133. The SMILES string of the molecule is CCc1ccc([C@H]2COCCN2C(=O)c2ccnc(C(=O)O)c2)o1. The van der Waals surface area contributed by atoms with Gasteiger partial charge in [-0.2, -0.15) is 0 Å². The molecule has 2 aromatic rings. The van der Waals surface area contributed by atoms with Crippen LogP contribution in [0, 0.1) is 0 Å². The van der Waals surface area contributed by atoms with Gasteiger partial charge in [0, 0.05) is 24.7 Å². The van der Waals surface area contributed by atoms with Gasteiger partial charge in [0.25, 0.3) is 5.91 Å². The third-order valence-electron chi connectivity index (χ3n) is 3.97. The lowest BCUT2D eigenvalue weighted by Gasteiger charge is -2.34. The molecule has 24 heavy (non-hydrogen) atoms. The number of carboxylic acids is 1. The molecule has 3 rings (SSSR count). The Labute approximate surface area is 138 Å². The molecule has 1 aliphatic rings. The Morgan fingerprint density at radius 1 is 1.38 bits per heavy atom. The van der Waals surface area contributed by atoms with E-state index in [-0.39, 0.29) is 23.2 Å². The largest absolute Gasteiger partial charge is 0.477 e. The number of carbonyl (C=O) groups is 2. The van der Waals surface area contributed by atoms with Crippen molar-refractivity contribution < 1.29 is 23.8 Å². The second kappa shape index (κ2) is 6.84. The van der Waals surface area contributed by atoms with Crippen LogP contribution in [-0.2, 0) is 11.2 Å². The molecule has 1 amide bonds. The minimum atomic E-state index is -1.17. The summed E-state index contributed by atoms with van der Waals surface area (Å²) in [7, 11) is 0. The first-order valence-electron chi connectivity index (χ1n) is 7.76. The van der Waals surface area contributed by atoms with E-state index >= 15 is 0 Å². The first-order valence-corrected chi connectivity index (χ1v) is 7.76. The fourth-order valence-corrected chi connectivity index (χ4v) is 2.69. The summed E-state index contributed by atoms with van der Waals surface area (Å²) in [4.78, 5) is 29.3. The molecular weight excluding hydrogens is 312 g/mol. The molecule has 0 aliphatic carbocycles. The van der Waals surface area contributed by atoms with Crippen LogP contribution in [-0.4, -0.2) is 46.6 Å². The van der Waals surface area contributed by atoms with Crippen molar-refractivity contribution in [2.24, 2.45) is 0 Å². The Balaban J connectivity index is 1.88. The van der Waals surface area contributed by atoms with Crippen LogP contribution in [0.1, 0.15) is 45.3 Å². The molecule has 7 heteroatoms. The Kier molecular flexibility index (Phi) is 4.61. The maximum atomic E-state index is 12.8. The Bertz CT molecular complexity index is 755. The normalized spacial score (nSPS) is 17.7. The highest BCUT2D eigenvalue weighted by molar-refractivity contribution is 5.96. The topological polar surface area (TPSA) is 92.9 Å². The summed E-state index contributed by atoms with van der Waals surface area (Å²) < 4.78 is 11.3. The van der Waals surface area contributed by atoms with Gasteiger partial charge < -0.3 is 19.2 Å². The number of hydrogen-bond acceptors (Lipinski definition) is 5. The molecule has 3 heterocycles. The Hall–Kier alpha value is -2.67. The fourth-order valence-electron chi connectivity index (χ4n) is 2.69. The molecule has 7 nitrogen and oxygen atoms in total. The molecule has 0 radical (unpaired) electrons. The van der Waals surface area contributed by atoms with Crippen LogP contribution in [0.2, 0.25) is 0 Å². The zero-order valence-electron chi connectivity index (χ0n) is 13.3. The first kappa shape index (κ1) is 16.2. The number of ether oxygens (including phenoxy) is 1. The average Bonchev–Trinajstić information content (AvgIpc) is 3.10. The van der Waals surface area contributed by atoms with Crippen LogP contribution in [0.25, 0.3) is 0 Å². The van der Waals surface area contributed by atoms with Crippen LogP contribution < -0.4 is 0 Å². The van der Waals surface area contributed by atoms with Gasteiger partial charge in [0.2, 0.25) is 0 Å². The maximum Gasteiger partial charge on any atom is 0.354 e. The van der Waals surface area contributed by atoms with Crippen LogP contribution in [0.4, 0.5) is 0 Å². The van der Waals surface area contributed by atoms with Crippen LogP contribution in [0.3, 0.4) is 0 Å². The number of furan rings is 1. The number of carboxylic acid groups (broad SMARTS) is 1. The minimum Gasteiger partial charge on any atom is -0.477 e. The molecule has 0 saturated carbocycles. The summed E-state index contributed by atoms with van der Waals surface area (Å²) in [5, 5.41) is 9.04. The van der Waals surface area contributed by atoms with E-state index in [4.69, 9.17) is 14.3 Å². The molecule has 1 N–H and O–H groups in total. The molecule has 1 aliphatic heterocycles. The standard InChI is InChI=1S/C17H18N2O5/c1-2-12-3-4-15(24-12)14-10-23-8-7-19(14)16(20)11-5-6-18-13(9-11)17(21)22/h3-6,9,14H,2,7-8,10H2,1H3,(H,21,22)/t14-/m1/s1. The monoisotopic (exact) mass is 330 g/mol. The van der Waals surface area contributed by atoms with Crippen LogP contribution in [0.15, 0.2) is 34.9 Å². The van der Waals surface area contributed by atoms with Crippen molar-refractivity contribution in [3.63, 3.8) is 0 Å². The average molecular weight is 330 g/mol. The van der Waals surface area contributed by atoms with Gasteiger partial charge in [-0.25, -0.2) is 9.78 Å². The summed E-state index contributed by atoms with van der Waals surface area (Å²) in [6.07, 6.45) is 2.10. The van der Waals surface area contributed by atoms with Gasteiger partial charge in [-0.05, 0) is 24.3 Å². The number of carbonyl (C=O) groups excluding carboxylic acids is 1. The second-order valence-corrected chi connectivity index (χ2v) is 5.48.